The van der Waals surface area contributed by atoms with Crippen molar-refractivity contribution in [3.8, 4) is 0 Å². The molecule has 1 saturated heterocycles. The number of halogens is 1. The molecule has 5 nitrogen and oxygen atoms in total. The molecule has 0 aliphatic carbocycles. The molecule has 146 valence electrons. The molecule has 0 radical (unpaired) electrons. The van der Waals surface area contributed by atoms with Gasteiger partial charge in [-0.15, -0.1) is 0 Å². The summed E-state index contributed by atoms with van der Waals surface area (Å²) in [6, 6.07) is 13.4. The van der Waals surface area contributed by atoms with E-state index in [0.29, 0.717) is 35.7 Å². The molecule has 1 aliphatic heterocycles. The zero-order chi connectivity index (χ0) is 20.3. The Morgan fingerprint density at radius 2 is 1.82 bits per heavy atom. The number of hydrogen-bond acceptors (Lipinski definition) is 4. The first-order valence-electron chi connectivity index (χ1n) is 9.04. The zero-order valence-electron chi connectivity index (χ0n) is 15.8. The topological polar surface area (TPSA) is 66.8 Å². The Morgan fingerprint density at radius 1 is 1.14 bits per heavy atom. The van der Waals surface area contributed by atoms with Gasteiger partial charge < -0.3 is 14.7 Å². The van der Waals surface area contributed by atoms with E-state index in [4.69, 9.17) is 16.3 Å². The fourth-order valence-electron chi connectivity index (χ4n) is 3.38. The maximum absolute atomic E-state index is 12.8. The molecule has 0 aromatic heterocycles. The van der Waals surface area contributed by atoms with Crippen molar-refractivity contribution in [1.82, 2.24) is 4.90 Å². The number of aryl methyl sites for hydroxylation is 1. The highest BCUT2D eigenvalue weighted by molar-refractivity contribution is 6.47. The predicted molar refractivity (Wildman–Crippen MR) is 108 cm³/mol. The van der Waals surface area contributed by atoms with Crippen molar-refractivity contribution in [2.75, 3.05) is 20.3 Å². The third-order valence-electron chi connectivity index (χ3n) is 4.81. The van der Waals surface area contributed by atoms with Gasteiger partial charge in [-0.2, -0.15) is 0 Å². The first-order valence-corrected chi connectivity index (χ1v) is 9.42. The summed E-state index contributed by atoms with van der Waals surface area (Å²) in [6.07, 6.45) is 0.565. The number of ketones is 1. The van der Waals surface area contributed by atoms with Gasteiger partial charge in [0.25, 0.3) is 11.7 Å². The van der Waals surface area contributed by atoms with Crippen molar-refractivity contribution in [2.24, 2.45) is 0 Å². The van der Waals surface area contributed by atoms with E-state index >= 15 is 0 Å². The number of rotatable bonds is 6. The van der Waals surface area contributed by atoms with Crippen LogP contribution in [0.5, 0.6) is 0 Å². The van der Waals surface area contributed by atoms with Crippen molar-refractivity contribution in [1.29, 1.82) is 0 Å². The van der Waals surface area contributed by atoms with Crippen LogP contribution in [0, 0.1) is 6.92 Å². The van der Waals surface area contributed by atoms with Crippen molar-refractivity contribution >= 4 is 29.1 Å². The van der Waals surface area contributed by atoms with E-state index in [1.807, 2.05) is 19.1 Å². The smallest absolute Gasteiger partial charge is 0.295 e. The molecular weight excluding hydrogens is 378 g/mol. The van der Waals surface area contributed by atoms with E-state index < -0.39 is 17.7 Å². The van der Waals surface area contributed by atoms with E-state index in [1.54, 1.807) is 43.5 Å². The summed E-state index contributed by atoms with van der Waals surface area (Å²) in [5.74, 6) is -1.55. The lowest BCUT2D eigenvalue weighted by Crippen LogP contribution is -2.31. The van der Waals surface area contributed by atoms with E-state index in [9.17, 15) is 14.7 Å². The monoisotopic (exact) mass is 399 g/mol. The molecular formula is C22H22ClNO4. The van der Waals surface area contributed by atoms with E-state index in [0.717, 1.165) is 5.56 Å². The largest absolute Gasteiger partial charge is 0.507 e. The highest BCUT2D eigenvalue weighted by Gasteiger charge is 2.46. The second kappa shape index (κ2) is 8.59. The minimum Gasteiger partial charge on any atom is -0.507 e. The molecule has 0 saturated carbocycles. The molecule has 1 amide bonds. The summed E-state index contributed by atoms with van der Waals surface area (Å²) in [5.41, 5.74) is 2.17. The number of carbonyl (C=O) groups is 2. The maximum atomic E-state index is 12.8. The number of aliphatic hydroxyl groups is 1. The van der Waals surface area contributed by atoms with Gasteiger partial charge in [-0.1, -0.05) is 59.6 Å². The van der Waals surface area contributed by atoms with E-state index in [1.165, 1.54) is 4.90 Å². The number of ether oxygens (including phenoxy) is 1. The van der Waals surface area contributed by atoms with Crippen molar-refractivity contribution in [3.05, 3.63) is 75.8 Å². The fraction of sp³-hybridized carbons (Fsp3) is 0.273. The van der Waals surface area contributed by atoms with Crippen molar-refractivity contribution < 1.29 is 19.4 Å². The molecule has 1 atom stereocenters. The van der Waals surface area contributed by atoms with Gasteiger partial charge in [0.05, 0.1) is 11.6 Å². The molecule has 2 aromatic carbocycles. The van der Waals surface area contributed by atoms with Gasteiger partial charge >= 0.3 is 0 Å². The summed E-state index contributed by atoms with van der Waals surface area (Å²) in [6.45, 7) is 2.71. The van der Waals surface area contributed by atoms with E-state index in [-0.39, 0.29) is 11.3 Å². The van der Waals surface area contributed by atoms with Crippen LogP contribution < -0.4 is 0 Å². The lowest BCUT2D eigenvalue weighted by Gasteiger charge is -2.26. The highest BCUT2D eigenvalue weighted by Crippen LogP contribution is 2.41. The molecule has 28 heavy (non-hydrogen) atoms. The third-order valence-corrected chi connectivity index (χ3v) is 5.16. The quantitative estimate of drug-likeness (QED) is 0.343. The number of carbonyl (C=O) groups excluding carboxylic acids is 2. The Labute approximate surface area is 169 Å². The minimum absolute atomic E-state index is 0.0550. The zero-order valence-corrected chi connectivity index (χ0v) is 16.6. The summed E-state index contributed by atoms with van der Waals surface area (Å²) in [4.78, 5) is 27.0. The summed E-state index contributed by atoms with van der Waals surface area (Å²) in [7, 11) is 1.58. The van der Waals surface area contributed by atoms with Crippen LogP contribution in [0.3, 0.4) is 0 Å². The van der Waals surface area contributed by atoms with Gasteiger partial charge in [0, 0.05) is 30.8 Å². The number of benzene rings is 2. The number of amides is 1. The molecule has 1 heterocycles. The molecule has 1 N–H and O–H groups in total. The van der Waals surface area contributed by atoms with Gasteiger partial charge in [0.15, 0.2) is 0 Å². The Bertz CT molecular complexity index is 920. The number of nitrogens with zero attached hydrogens (tertiary/aromatic N) is 1. The van der Waals surface area contributed by atoms with Gasteiger partial charge in [0.1, 0.15) is 5.76 Å². The van der Waals surface area contributed by atoms with Crippen LogP contribution in [0.2, 0.25) is 5.02 Å². The third kappa shape index (κ3) is 3.81. The molecule has 6 heteroatoms. The van der Waals surface area contributed by atoms with Crippen LogP contribution in [0.4, 0.5) is 0 Å². The molecule has 1 unspecified atom stereocenters. The molecule has 2 aromatic rings. The van der Waals surface area contributed by atoms with Gasteiger partial charge in [0.2, 0.25) is 0 Å². The van der Waals surface area contributed by atoms with Crippen LogP contribution in [0.15, 0.2) is 54.1 Å². The van der Waals surface area contributed by atoms with Crippen LogP contribution >= 0.6 is 11.6 Å². The second-order valence-electron chi connectivity index (χ2n) is 6.73. The molecule has 3 rings (SSSR count). The van der Waals surface area contributed by atoms with Crippen LogP contribution in [0.25, 0.3) is 5.76 Å². The summed E-state index contributed by atoms with van der Waals surface area (Å²) >= 11 is 6.38. The van der Waals surface area contributed by atoms with Crippen LogP contribution in [0.1, 0.15) is 29.2 Å². The number of likely N-dealkylation sites (tertiary alicyclic amines) is 1. The summed E-state index contributed by atoms with van der Waals surface area (Å²) in [5, 5.41) is 11.4. The Balaban J connectivity index is 2.14. The first kappa shape index (κ1) is 20.1. The Hall–Kier alpha value is -2.63. The highest BCUT2D eigenvalue weighted by atomic mass is 35.5. The second-order valence-corrected chi connectivity index (χ2v) is 7.13. The Morgan fingerprint density at radius 3 is 2.46 bits per heavy atom. The molecule has 0 bridgehead atoms. The number of aliphatic hydroxyl groups excluding tert-OH is 1. The Kier molecular flexibility index (Phi) is 6.17. The standard InChI is InChI=1S/C22H22ClNO4/c1-14-8-10-15(11-9-14)20(25)18-19(16-6-3-4-7-17(16)23)24(12-5-13-28-2)22(27)21(18)26/h3-4,6-11,19,25H,5,12-13H2,1-2H3/b20-18+. The van der Waals surface area contributed by atoms with Gasteiger partial charge in [-0.25, -0.2) is 0 Å². The van der Waals surface area contributed by atoms with E-state index in [2.05, 4.69) is 0 Å². The number of hydrogen-bond donors (Lipinski definition) is 1. The maximum Gasteiger partial charge on any atom is 0.295 e. The van der Waals surface area contributed by atoms with Crippen LogP contribution in [-0.4, -0.2) is 42.0 Å². The van der Waals surface area contributed by atoms with Crippen molar-refractivity contribution in [2.45, 2.75) is 19.4 Å². The van der Waals surface area contributed by atoms with Crippen molar-refractivity contribution in [3.63, 3.8) is 0 Å². The lowest BCUT2D eigenvalue weighted by molar-refractivity contribution is -0.140. The minimum atomic E-state index is -0.744. The van der Waals surface area contributed by atoms with Gasteiger partial charge in [-0.05, 0) is 25.0 Å². The van der Waals surface area contributed by atoms with Crippen LogP contribution in [-0.2, 0) is 14.3 Å². The SMILES string of the molecule is COCCCN1C(=O)C(=O)/C(=C(/O)c2ccc(C)cc2)C1c1ccccc1Cl. The number of Topliss-reactive ketones (excluding diaryl/α,β-unsaturated/α-hetero) is 1. The molecule has 0 spiro atoms. The lowest BCUT2D eigenvalue weighted by atomic mass is 9.95. The average molecular weight is 400 g/mol. The number of methoxy groups -OCH3 is 1. The first-order chi connectivity index (χ1) is 13.5. The summed E-state index contributed by atoms with van der Waals surface area (Å²) < 4.78 is 5.07. The fourth-order valence-corrected chi connectivity index (χ4v) is 3.62. The normalized spacial score (nSPS) is 18.7. The molecule has 1 fully saturated rings. The van der Waals surface area contributed by atoms with Gasteiger partial charge in [-0.3, -0.25) is 9.59 Å². The average Bonchev–Trinajstić information content (AvgIpc) is 2.93. The molecule has 1 aliphatic rings. The predicted octanol–water partition coefficient (Wildman–Crippen LogP) is 4.11.